The second-order valence-corrected chi connectivity index (χ2v) is 6.69. The molecule has 0 saturated carbocycles. The van der Waals surface area contributed by atoms with E-state index in [0.29, 0.717) is 17.8 Å². The van der Waals surface area contributed by atoms with Crippen molar-refractivity contribution in [1.29, 1.82) is 0 Å². The molecule has 0 spiro atoms. The minimum atomic E-state index is -0.243. The Labute approximate surface area is 158 Å². The van der Waals surface area contributed by atoms with Crippen molar-refractivity contribution in [2.75, 3.05) is 0 Å². The van der Waals surface area contributed by atoms with Gasteiger partial charge in [0.05, 0.1) is 0 Å². The van der Waals surface area contributed by atoms with Gasteiger partial charge in [-0.3, -0.25) is 9.59 Å². The first kappa shape index (κ1) is 18.6. The number of rotatable bonds is 6. The largest absolute Gasteiger partial charge is 0.350 e. The van der Waals surface area contributed by atoms with Gasteiger partial charge in [0, 0.05) is 30.0 Å². The van der Waals surface area contributed by atoms with Crippen molar-refractivity contribution in [2.24, 2.45) is 0 Å². The maximum absolute atomic E-state index is 12.4. The van der Waals surface area contributed by atoms with E-state index in [0.717, 1.165) is 23.3 Å². The predicted octanol–water partition coefficient (Wildman–Crippen LogP) is 3.10. The SMILES string of the molecule is CCC(C)NC(=O)c1cccc(CNC(=O)c2cn3c(C)cccc3n2)c1. The number of fused-ring (bicyclic) bond motifs is 1. The zero-order chi connectivity index (χ0) is 19.4. The molecule has 1 aromatic carbocycles. The molecule has 0 radical (unpaired) electrons. The summed E-state index contributed by atoms with van der Waals surface area (Å²) in [6, 6.07) is 13.1. The van der Waals surface area contributed by atoms with Crippen LogP contribution in [0.2, 0.25) is 0 Å². The maximum Gasteiger partial charge on any atom is 0.271 e. The Hall–Kier alpha value is -3.15. The van der Waals surface area contributed by atoms with E-state index in [-0.39, 0.29) is 17.9 Å². The van der Waals surface area contributed by atoms with Crippen LogP contribution < -0.4 is 10.6 Å². The monoisotopic (exact) mass is 364 g/mol. The molecule has 2 N–H and O–H groups in total. The van der Waals surface area contributed by atoms with E-state index in [2.05, 4.69) is 15.6 Å². The van der Waals surface area contributed by atoms with E-state index >= 15 is 0 Å². The fourth-order valence-corrected chi connectivity index (χ4v) is 2.76. The minimum absolute atomic E-state index is 0.103. The van der Waals surface area contributed by atoms with E-state index < -0.39 is 0 Å². The van der Waals surface area contributed by atoms with Gasteiger partial charge in [-0.15, -0.1) is 0 Å². The molecule has 3 rings (SSSR count). The van der Waals surface area contributed by atoms with Gasteiger partial charge in [0.2, 0.25) is 0 Å². The summed E-state index contributed by atoms with van der Waals surface area (Å²) in [5.74, 6) is -0.346. The van der Waals surface area contributed by atoms with Crippen LogP contribution >= 0.6 is 0 Å². The number of aryl methyl sites for hydroxylation is 1. The number of carbonyl (C=O) groups excluding carboxylic acids is 2. The Morgan fingerprint density at radius 1 is 1.15 bits per heavy atom. The van der Waals surface area contributed by atoms with Crippen LogP contribution in [0.4, 0.5) is 0 Å². The van der Waals surface area contributed by atoms with Crippen molar-refractivity contribution in [3.8, 4) is 0 Å². The molecule has 0 saturated heterocycles. The quantitative estimate of drug-likeness (QED) is 0.706. The number of hydrogen-bond acceptors (Lipinski definition) is 3. The number of aromatic nitrogens is 2. The van der Waals surface area contributed by atoms with E-state index in [4.69, 9.17) is 0 Å². The lowest BCUT2D eigenvalue weighted by Crippen LogP contribution is -2.32. The van der Waals surface area contributed by atoms with Gasteiger partial charge in [0.15, 0.2) is 0 Å². The molecule has 3 aromatic rings. The van der Waals surface area contributed by atoms with Gasteiger partial charge in [-0.2, -0.15) is 0 Å². The molecule has 2 heterocycles. The third kappa shape index (κ3) is 4.34. The van der Waals surface area contributed by atoms with Gasteiger partial charge in [0.1, 0.15) is 11.3 Å². The van der Waals surface area contributed by atoms with Crippen molar-refractivity contribution >= 4 is 17.5 Å². The summed E-state index contributed by atoms with van der Waals surface area (Å²) in [6.07, 6.45) is 2.61. The zero-order valence-corrected chi connectivity index (χ0v) is 15.8. The first-order valence-corrected chi connectivity index (χ1v) is 9.10. The molecule has 6 heteroatoms. The average molecular weight is 364 g/mol. The van der Waals surface area contributed by atoms with Gasteiger partial charge in [-0.1, -0.05) is 25.1 Å². The van der Waals surface area contributed by atoms with E-state index in [1.165, 1.54) is 0 Å². The number of nitrogens with zero attached hydrogens (tertiary/aromatic N) is 2. The highest BCUT2D eigenvalue weighted by atomic mass is 16.2. The van der Waals surface area contributed by atoms with Gasteiger partial charge in [-0.05, 0) is 50.1 Å². The van der Waals surface area contributed by atoms with Crippen LogP contribution in [-0.4, -0.2) is 27.2 Å². The molecular formula is C21H24N4O2. The number of imidazole rings is 1. The van der Waals surface area contributed by atoms with Crippen LogP contribution in [0.5, 0.6) is 0 Å². The third-order valence-corrected chi connectivity index (χ3v) is 4.56. The highest BCUT2D eigenvalue weighted by Crippen LogP contribution is 2.10. The predicted molar refractivity (Wildman–Crippen MR) is 105 cm³/mol. The Balaban J connectivity index is 1.67. The second-order valence-electron chi connectivity index (χ2n) is 6.69. The molecular weight excluding hydrogens is 340 g/mol. The molecule has 0 aliphatic heterocycles. The molecule has 6 nitrogen and oxygen atoms in total. The van der Waals surface area contributed by atoms with E-state index in [1.54, 1.807) is 18.3 Å². The van der Waals surface area contributed by atoms with Crippen LogP contribution in [0.25, 0.3) is 5.65 Å². The molecule has 140 valence electrons. The van der Waals surface area contributed by atoms with Gasteiger partial charge in [-0.25, -0.2) is 4.98 Å². The number of nitrogens with one attached hydrogen (secondary N) is 2. The maximum atomic E-state index is 12.4. The molecule has 1 atom stereocenters. The van der Waals surface area contributed by atoms with Crippen molar-refractivity contribution in [3.63, 3.8) is 0 Å². The molecule has 0 aliphatic rings. The topological polar surface area (TPSA) is 75.5 Å². The Morgan fingerprint density at radius 2 is 1.93 bits per heavy atom. The smallest absolute Gasteiger partial charge is 0.271 e. The summed E-state index contributed by atoms with van der Waals surface area (Å²) >= 11 is 0. The first-order valence-electron chi connectivity index (χ1n) is 9.10. The number of amides is 2. The van der Waals surface area contributed by atoms with Crippen LogP contribution in [0.3, 0.4) is 0 Å². The van der Waals surface area contributed by atoms with Crippen molar-refractivity contribution in [1.82, 2.24) is 20.0 Å². The van der Waals surface area contributed by atoms with E-state index in [9.17, 15) is 9.59 Å². The average Bonchev–Trinajstić information content (AvgIpc) is 3.12. The van der Waals surface area contributed by atoms with Crippen molar-refractivity contribution < 1.29 is 9.59 Å². The number of benzene rings is 1. The Kier molecular flexibility index (Phi) is 5.54. The van der Waals surface area contributed by atoms with Gasteiger partial charge < -0.3 is 15.0 Å². The minimum Gasteiger partial charge on any atom is -0.350 e. The fraction of sp³-hybridized carbons (Fsp3) is 0.286. The number of carbonyl (C=O) groups is 2. The van der Waals surface area contributed by atoms with Gasteiger partial charge >= 0.3 is 0 Å². The number of hydrogen-bond donors (Lipinski definition) is 2. The van der Waals surface area contributed by atoms with Crippen LogP contribution in [0, 0.1) is 6.92 Å². The zero-order valence-electron chi connectivity index (χ0n) is 15.8. The normalized spacial score (nSPS) is 12.0. The van der Waals surface area contributed by atoms with Crippen molar-refractivity contribution in [2.45, 2.75) is 39.8 Å². The number of pyridine rings is 1. The summed E-state index contributed by atoms with van der Waals surface area (Å²) in [5.41, 5.74) is 3.57. The van der Waals surface area contributed by atoms with Crippen molar-refractivity contribution in [3.05, 3.63) is 71.2 Å². The molecule has 1 unspecified atom stereocenters. The lowest BCUT2D eigenvalue weighted by Gasteiger charge is -2.12. The summed E-state index contributed by atoms with van der Waals surface area (Å²) in [5, 5.41) is 5.81. The van der Waals surface area contributed by atoms with Crippen LogP contribution in [-0.2, 0) is 6.54 Å². The molecule has 2 amide bonds. The van der Waals surface area contributed by atoms with E-state index in [1.807, 2.05) is 55.5 Å². The lowest BCUT2D eigenvalue weighted by atomic mass is 10.1. The molecule has 0 aliphatic carbocycles. The van der Waals surface area contributed by atoms with Crippen LogP contribution in [0.1, 0.15) is 52.4 Å². The highest BCUT2D eigenvalue weighted by Gasteiger charge is 2.12. The Morgan fingerprint density at radius 3 is 2.67 bits per heavy atom. The highest BCUT2D eigenvalue weighted by molar-refractivity contribution is 5.95. The second kappa shape index (κ2) is 8.03. The molecule has 0 fully saturated rings. The molecule has 27 heavy (non-hydrogen) atoms. The lowest BCUT2D eigenvalue weighted by molar-refractivity contribution is 0.0936. The summed E-state index contributed by atoms with van der Waals surface area (Å²) in [7, 11) is 0. The standard InChI is InChI=1S/C21H24N4O2/c1-4-14(2)23-20(26)17-9-6-8-16(11-17)12-22-21(27)18-13-25-15(3)7-5-10-19(25)24-18/h5-11,13-14H,4,12H2,1-3H3,(H,22,27)(H,23,26). The summed E-state index contributed by atoms with van der Waals surface area (Å²) in [4.78, 5) is 29.0. The van der Waals surface area contributed by atoms with Gasteiger partial charge in [0.25, 0.3) is 11.8 Å². The molecule has 0 bridgehead atoms. The Bertz CT molecular complexity index is 977. The first-order chi connectivity index (χ1) is 13.0. The fourth-order valence-electron chi connectivity index (χ4n) is 2.76. The summed E-state index contributed by atoms with van der Waals surface area (Å²) in [6.45, 7) is 6.29. The van der Waals surface area contributed by atoms with Crippen LogP contribution in [0.15, 0.2) is 48.7 Å². The molecule has 2 aromatic heterocycles. The summed E-state index contributed by atoms with van der Waals surface area (Å²) < 4.78 is 1.88. The third-order valence-electron chi connectivity index (χ3n) is 4.56.